The molecule has 5 nitrogen and oxygen atoms in total. The van der Waals surface area contributed by atoms with Crippen LogP contribution >= 0.6 is 0 Å². The van der Waals surface area contributed by atoms with E-state index in [4.69, 9.17) is 9.47 Å². The van der Waals surface area contributed by atoms with Crippen LogP contribution in [0.4, 0.5) is 5.69 Å². The highest BCUT2D eigenvalue weighted by molar-refractivity contribution is 5.95. The molecule has 1 aliphatic rings. The molecule has 5 heteroatoms. The number of benzene rings is 1. The standard InChI is InChI=1S/C14H17NO4/c1-9(19-14(17)10-6-7-10)13(16)15-11-4-3-5-12(8-11)18-2/h3-5,8-10H,6-7H2,1-2H3,(H,15,16)/t9-/m0/s1. The number of ether oxygens (including phenoxy) is 2. The molecule has 19 heavy (non-hydrogen) atoms. The summed E-state index contributed by atoms with van der Waals surface area (Å²) in [7, 11) is 1.56. The molecular weight excluding hydrogens is 246 g/mol. The molecule has 1 saturated carbocycles. The first-order valence-electron chi connectivity index (χ1n) is 6.25. The molecular formula is C14H17NO4. The second-order valence-corrected chi connectivity index (χ2v) is 4.57. The number of rotatable bonds is 5. The molecule has 0 unspecified atom stereocenters. The van der Waals surface area contributed by atoms with Gasteiger partial charge in [-0.05, 0) is 31.9 Å². The molecule has 1 aromatic rings. The van der Waals surface area contributed by atoms with Crippen LogP contribution in [0.1, 0.15) is 19.8 Å². The Bertz CT molecular complexity index is 482. The third-order valence-corrected chi connectivity index (χ3v) is 2.91. The highest BCUT2D eigenvalue weighted by Crippen LogP contribution is 2.30. The number of carbonyl (C=O) groups excluding carboxylic acids is 2. The summed E-state index contributed by atoms with van der Waals surface area (Å²) in [6, 6.07) is 7.00. The number of nitrogens with one attached hydrogen (secondary N) is 1. The number of hydrogen-bond acceptors (Lipinski definition) is 4. The van der Waals surface area contributed by atoms with Gasteiger partial charge in [0.25, 0.3) is 5.91 Å². The number of esters is 1. The number of carbonyl (C=O) groups is 2. The summed E-state index contributed by atoms with van der Waals surface area (Å²) in [5, 5.41) is 2.68. The van der Waals surface area contributed by atoms with Crippen LogP contribution in [0.25, 0.3) is 0 Å². The third-order valence-electron chi connectivity index (χ3n) is 2.91. The predicted octanol–water partition coefficient (Wildman–Crippen LogP) is 1.98. The highest BCUT2D eigenvalue weighted by Gasteiger charge is 2.33. The van der Waals surface area contributed by atoms with Crippen LogP contribution in [-0.4, -0.2) is 25.1 Å². The van der Waals surface area contributed by atoms with E-state index in [2.05, 4.69) is 5.32 Å². The Hall–Kier alpha value is -2.04. The monoisotopic (exact) mass is 263 g/mol. The third kappa shape index (κ3) is 3.71. The quantitative estimate of drug-likeness (QED) is 0.825. The minimum Gasteiger partial charge on any atom is -0.497 e. The molecule has 1 atom stereocenters. The van der Waals surface area contributed by atoms with Crippen LogP contribution in [0.5, 0.6) is 5.75 Å². The first-order chi connectivity index (χ1) is 9.10. The first-order valence-corrected chi connectivity index (χ1v) is 6.25. The fourth-order valence-corrected chi connectivity index (χ4v) is 1.59. The van der Waals surface area contributed by atoms with E-state index in [1.807, 2.05) is 0 Å². The van der Waals surface area contributed by atoms with Crippen molar-refractivity contribution in [3.8, 4) is 5.75 Å². The molecule has 1 N–H and O–H groups in total. The first kappa shape index (κ1) is 13.4. The van der Waals surface area contributed by atoms with Gasteiger partial charge < -0.3 is 14.8 Å². The summed E-state index contributed by atoms with van der Waals surface area (Å²) < 4.78 is 10.1. The van der Waals surface area contributed by atoms with Crippen LogP contribution in [0.2, 0.25) is 0 Å². The summed E-state index contributed by atoms with van der Waals surface area (Å²) in [4.78, 5) is 23.3. The SMILES string of the molecule is COc1cccc(NC(=O)[C@H](C)OC(=O)C2CC2)c1. The van der Waals surface area contributed by atoms with Gasteiger partial charge in [0.1, 0.15) is 5.75 Å². The summed E-state index contributed by atoms with van der Waals surface area (Å²) in [6.45, 7) is 1.57. The molecule has 0 aromatic heterocycles. The van der Waals surface area contributed by atoms with Crippen LogP contribution < -0.4 is 10.1 Å². The molecule has 0 aliphatic heterocycles. The van der Waals surface area contributed by atoms with Gasteiger partial charge in [0, 0.05) is 11.8 Å². The zero-order valence-electron chi connectivity index (χ0n) is 11.0. The highest BCUT2D eigenvalue weighted by atomic mass is 16.5. The molecule has 0 spiro atoms. The normalized spacial score (nSPS) is 15.5. The Balaban J connectivity index is 1.89. The predicted molar refractivity (Wildman–Crippen MR) is 69.9 cm³/mol. The number of amides is 1. The Morgan fingerprint density at radius 2 is 2.11 bits per heavy atom. The maximum Gasteiger partial charge on any atom is 0.309 e. The fraction of sp³-hybridized carbons (Fsp3) is 0.429. The van der Waals surface area contributed by atoms with Crippen LogP contribution in [0.15, 0.2) is 24.3 Å². The zero-order valence-corrected chi connectivity index (χ0v) is 11.0. The van der Waals surface area contributed by atoms with Gasteiger partial charge in [0.05, 0.1) is 13.0 Å². The molecule has 1 aromatic carbocycles. The Labute approximate surface area is 111 Å². The fourth-order valence-electron chi connectivity index (χ4n) is 1.59. The van der Waals surface area contributed by atoms with Crippen molar-refractivity contribution >= 4 is 17.6 Å². The number of hydrogen-bond donors (Lipinski definition) is 1. The zero-order chi connectivity index (χ0) is 13.8. The van der Waals surface area contributed by atoms with Crippen LogP contribution in [0.3, 0.4) is 0 Å². The van der Waals surface area contributed by atoms with E-state index < -0.39 is 6.10 Å². The van der Waals surface area contributed by atoms with Crippen molar-refractivity contribution in [3.63, 3.8) is 0 Å². The average molecular weight is 263 g/mol. The summed E-state index contributed by atoms with van der Waals surface area (Å²) in [6.07, 6.45) is 0.936. The second kappa shape index (κ2) is 5.73. The lowest BCUT2D eigenvalue weighted by molar-refractivity contribution is -0.154. The molecule has 1 fully saturated rings. The largest absolute Gasteiger partial charge is 0.497 e. The molecule has 0 saturated heterocycles. The van der Waals surface area contributed by atoms with Crippen molar-refractivity contribution in [2.24, 2.45) is 5.92 Å². The molecule has 0 bridgehead atoms. The van der Waals surface area contributed by atoms with E-state index in [1.165, 1.54) is 0 Å². The van der Waals surface area contributed by atoms with Gasteiger partial charge in [0.15, 0.2) is 6.10 Å². The van der Waals surface area contributed by atoms with Gasteiger partial charge in [0.2, 0.25) is 0 Å². The minimum absolute atomic E-state index is 0.00734. The topological polar surface area (TPSA) is 64.6 Å². The van der Waals surface area contributed by atoms with Crippen molar-refractivity contribution < 1.29 is 19.1 Å². The number of methoxy groups -OCH3 is 1. The maximum atomic E-state index is 11.9. The van der Waals surface area contributed by atoms with E-state index >= 15 is 0 Å². The van der Waals surface area contributed by atoms with E-state index in [-0.39, 0.29) is 17.8 Å². The number of anilines is 1. The maximum absolute atomic E-state index is 11.9. The van der Waals surface area contributed by atoms with Gasteiger partial charge in [-0.2, -0.15) is 0 Å². The van der Waals surface area contributed by atoms with Crippen LogP contribution in [0, 0.1) is 5.92 Å². The van der Waals surface area contributed by atoms with E-state index in [1.54, 1.807) is 38.3 Å². The van der Waals surface area contributed by atoms with Crippen molar-refractivity contribution in [1.82, 2.24) is 0 Å². The average Bonchev–Trinajstić information content (AvgIpc) is 3.23. The lowest BCUT2D eigenvalue weighted by Crippen LogP contribution is -2.30. The van der Waals surface area contributed by atoms with Crippen molar-refractivity contribution in [2.75, 3.05) is 12.4 Å². The van der Waals surface area contributed by atoms with E-state index in [9.17, 15) is 9.59 Å². The van der Waals surface area contributed by atoms with Crippen molar-refractivity contribution in [3.05, 3.63) is 24.3 Å². The van der Waals surface area contributed by atoms with E-state index in [0.29, 0.717) is 11.4 Å². The van der Waals surface area contributed by atoms with Gasteiger partial charge >= 0.3 is 5.97 Å². The van der Waals surface area contributed by atoms with Crippen molar-refractivity contribution in [2.45, 2.75) is 25.9 Å². The van der Waals surface area contributed by atoms with Gasteiger partial charge in [-0.3, -0.25) is 9.59 Å². The second-order valence-electron chi connectivity index (χ2n) is 4.57. The minimum atomic E-state index is -0.792. The smallest absolute Gasteiger partial charge is 0.309 e. The van der Waals surface area contributed by atoms with E-state index in [0.717, 1.165) is 12.8 Å². The molecule has 0 radical (unpaired) electrons. The van der Waals surface area contributed by atoms with Crippen molar-refractivity contribution in [1.29, 1.82) is 0 Å². The summed E-state index contributed by atoms with van der Waals surface area (Å²) in [5.74, 6) is 0.0167. The van der Waals surface area contributed by atoms with Gasteiger partial charge in [-0.1, -0.05) is 6.07 Å². The van der Waals surface area contributed by atoms with Crippen LogP contribution in [-0.2, 0) is 14.3 Å². The molecule has 1 aliphatic carbocycles. The molecule has 102 valence electrons. The molecule has 0 heterocycles. The summed E-state index contributed by atoms with van der Waals surface area (Å²) >= 11 is 0. The summed E-state index contributed by atoms with van der Waals surface area (Å²) in [5.41, 5.74) is 0.610. The Morgan fingerprint density at radius 1 is 1.37 bits per heavy atom. The Kier molecular flexibility index (Phi) is 4.04. The van der Waals surface area contributed by atoms with Gasteiger partial charge in [-0.25, -0.2) is 0 Å². The lowest BCUT2D eigenvalue weighted by atomic mass is 10.3. The Morgan fingerprint density at radius 3 is 2.74 bits per heavy atom. The molecule has 2 rings (SSSR count). The molecule has 1 amide bonds. The lowest BCUT2D eigenvalue weighted by Gasteiger charge is -2.13. The van der Waals surface area contributed by atoms with Gasteiger partial charge in [-0.15, -0.1) is 0 Å².